The molecule has 0 aliphatic heterocycles. The van der Waals surface area contributed by atoms with Gasteiger partial charge in [-0.3, -0.25) is 0 Å². The summed E-state index contributed by atoms with van der Waals surface area (Å²) < 4.78 is 0. The second-order valence-electron chi connectivity index (χ2n) is 3.32. The molecule has 0 amide bonds. The van der Waals surface area contributed by atoms with Gasteiger partial charge in [-0.15, -0.1) is 11.3 Å². The van der Waals surface area contributed by atoms with Gasteiger partial charge in [-0.05, 0) is 23.6 Å². The van der Waals surface area contributed by atoms with Crippen molar-refractivity contribution in [1.82, 2.24) is 0 Å². The summed E-state index contributed by atoms with van der Waals surface area (Å²) in [4.78, 5) is 1.42. The number of nitrogens with two attached hydrogens (primary N) is 1. The zero-order valence-corrected chi connectivity index (χ0v) is 10.4. The molecule has 0 spiro atoms. The molecular weight excluding hydrogens is 210 g/mol. The van der Waals surface area contributed by atoms with Crippen LogP contribution in [0.1, 0.15) is 36.3 Å². The molecule has 1 unspecified atom stereocenters. The summed E-state index contributed by atoms with van der Waals surface area (Å²) in [5, 5.41) is 2.65. The molecule has 14 heavy (non-hydrogen) atoms. The number of thiophene rings is 1. The molecule has 1 heterocycles. The third-order valence-corrected chi connectivity index (χ3v) is 4.65. The fourth-order valence-corrected chi connectivity index (χ4v) is 3.44. The number of hydrogen-bond acceptors (Lipinski definition) is 3. The molecule has 0 aliphatic carbocycles. The van der Waals surface area contributed by atoms with Gasteiger partial charge in [0.1, 0.15) is 0 Å². The number of thioether (sulfide) groups is 1. The van der Waals surface area contributed by atoms with Gasteiger partial charge in [0.15, 0.2) is 0 Å². The van der Waals surface area contributed by atoms with Crippen LogP contribution < -0.4 is 5.73 Å². The standard InChI is InChI=1S/C11H19NS2/c1-2-3-4-7-14-11(9-12)10-6-5-8-13-10/h5-6,8,11H,2-4,7,9,12H2,1H3. The highest BCUT2D eigenvalue weighted by molar-refractivity contribution is 7.99. The minimum Gasteiger partial charge on any atom is -0.329 e. The largest absolute Gasteiger partial charge is 0.329 e. The van der Waals surface area contributed by atoms with Crippen molar-refractivity contribution in [2.45, 2.75) is 31.4 Å². The maximum Gasteiger partial charge on any atom is 0.0513 e. The van der Waals surface area contributed by atoms with E-state index in [1.54, 1.807) is 0 Å². The van der Waals surface area contributed by atoms with Crippen LogP contribution in [0.2, 0.25) is 0 Å². The number of unbranched alkanes of at least 4 members (excludes halogenated alkanes) is 2. The molecule has 0 aliphatic rings. The first-order valence-electron chi connectivity index (χ1n) is 5.23. The molecule has 0 aromatic carbocycles. The lowest BCUT2D eigenvalue weighted by molar-refractivity contribution is 0.776. The number of rotatable bonds is 7. The predicted molar refractivity (Wildman–Crippen MR) is 68.1 cm³/mol. The Morgan fingerprint density at radius 1 is 1.50 bits per heavy atom. The molecule has 0 saturated heterocycles. The second-order valence-corrected chi connectivity index (χ2v) is 5.61. The van der Waals surface area contributed by atoms with Crippen LogP contribution in [-0.2, 0) is 0 Å². The zero-order valence-electron chi connectivity index (χ0n) is 8.74. The van der Waals surface area contributed by atoms with Crippen molar-refractivity contribution < 1.29 is 0 Å². The van der Waals surface area contributed by atoms with Crippen LogP contribution in [-0.4, -0.2) is 12.3 Å². The smallest absolute Gasteiger partial charge is 0.0513 e. The van der Waals surface area contributed by atoms with E-state index in [0.717, 1.165) is 6.54 Å². The second kappa shape index (κ2) is 7.32. The highest BCUT2D eigenvalue weighted by Crippen LogP contribution is 2.31. The SMILES string of the molecule is CCCCCSC(CN)c1cccs1. The van der Waals surface area contributed by atoms with Crippen molar-refractivity contribution in [2.75, 3.05) is 12.3 Å². The van der Waals surface area contributed by atoms with Gasteiger partial charge in [0.2, 0.25) is 0 Å². The van der Waals surface area contributed by atoms with Crippen molar-refractivity contribution in [1.29, 1.82) is 0 Å². The van der Waals surface area contributed by atoms with E-state index in [0.29, 0.717) is 5.25 Å². The van der Waals surface area contributed by atoms with Crippen LogP contribution in [0.3, 0.4) is 0 Å². The molecule has 0 fully saturated rings. The van der Waals surface area contributed by atoms with Crippen LogP contribution in [0, 0.1) is 0 Å². The van der Waals surface area contributed by atoms with Gasteiger partial charge >= 0.3 is 0 Å². The Labute approximate surface area is 95.1 Å². The lowest BCUT2D eigenvalue weighted by atomic mass is 10.3. The average molecular weight is 229 g/mol. The topological polar surface area (TPSA) is 26.0 Å². The molecule has 3 heteroatoms. The Morgan fingerprint density at radius 2 is 2.36 bits per heavy atom. The highest BCUT2D eigenvalue weighted by Gasteiger charge is 2.10. The van der Waals surface area contributed by atoms with E-state index in [9.17, 15) is 0 Å². The average Bonchev–Trinajstić information content (AvgIpc) is 2.71. The van der Waals surface area contributed by atoms with Crippen molar-refractivity contribution in [3.8, 4) is 0 Å². The quantitative estimate of drug-likeness (QED) is 0.722. The summed E-state index contributed by atoms with van der Waals surface area (Å²) in [7, 11) is 0. The van der Waals surface area contributed by atoms with Gasteiger partial charge in [0, 0.05) is 11.4 Å². The predicted octanol–water partition coefficient (Wildman–Crippen LogP) is 3.67. The summed E-state index contributed by atoms with van der Waals surface area (Å²) >= 11 is 3.82. The van der Waals surface area contributed by atoms with Gasteiger partial charge in [0.25, 0.3) is 0 Å². The Bertz CT molecular complexity index is 221. The molecule has 0 saturated carbocycles. The first-order chi connectivity index (χ1) is 6.88. The molecular formula is C11H19NS2. The third kappa shape index (κ3) is 4.03. The molecule has 2 N–H and O–H groups in total. The highest BCUT2D eigenvalue weighted by atomic mass is 32.2. The van der Waals surface area contributed by atoms with Crippen molar-refractivity contribution in [3.05, 3.63) is 22.4 Å². The van der Waals surface area contributed by atoms with Crippen LogP contribution in [0.15, 0.2) is 17.5 Å². The molecule has 1 aromatic rings. The minimum absolute atomic E-state index is 0.520. The van der Waals surface area contributed by atoms with Gasteiger partial charge in [-0.25, -0.2) is 0 Å². The van der Waals surface area contributed by atoms with Crippen LogP contribution in [0.5, 0.6) is 0 Å². The minimum atomic E-state index is 0.520. The monoisotopic (exact) mass is 229 g/mol. The van der Waals surface area contributed by atoms with E-state index in [1.165, 1.54) is 29.9 Å². The van der Waals surface area contributed by atoms with Gasteiger partial charge in [0.05, 0.1) is 5.25 Å². The normalized spacial score (nSPS) is 13.0. The first kappa shape index (κ1) is 12.1. The molecule has 0 radical (unpaired) electrons. The van der Waals surface area contributed by atoms with Crippen molar-refractivity contribution >= 4 is 23.1 Å². The summed E-state index contributed by atoms with van der Waals surface area (Å²) in [6.07, 6.45) is 3.96. The van der Waals surface area contributed by atoms with E-state index in [-0.39, 0.29) is 0 Å². The van der Waals surface area contributed by atoms with E-state index in [1.807, 2.05) is 23.1 Å². The van der Waals surface area contributed by atoms with Crippen molar-refractivity contribution in [2.24, 2.45) is 5.73 Å². The molecule has 1 nitrogen and oxygen atoms in total. The lowest BCUT2D eigenvalue weighted by Gasteiger charge is -2.11. The van der Waals surface area contributed by atoms with E-state index in [4.69, 9.17) is 5.73 Å². The van der Waals surface area contributed by atoms with Gasteiger partial charge < -0.3 is 5.73 Å². The maximum absolute atomic E-state index is 5.76. The molecule has 1 atom stereocenters. The fraction of sp³-hybridized carbons (Fsp3) is 0.636. The van der Waals surface area contributed by atoms with Crippen LogP contribution in [0.4, 0.5) is 0 Å². The molecule has 80 valence electrons. The summed E-state index contributed by atoms with van der Waals surface area (Å²) in [5.74, 6) is 1.24. The van der Waals surface area contributed by atoms with Crippen molar-refractivity contribution in [3.63, 3.8) is 0 Å². The van der Waals surface area contributed by atoms with E-state index >= 15 is 0 Å². The fourth-order valence-electron chi connectivity index (χ4n) is 1.32. The molecule has 1 rings (SSSR count). The molecule has 1 aromatic heterocycles. The van der Waals surface area contributed by atoms with Crippen LogP contribution in [0.25, 0.3) is 0 Å². The Kier molecular flexibility index (Phi) is 6.32. The third-order valence-electron chi connectivity index (χ3n) is 2.14. The zero-order chi connectivity index (χ0) is 10.2. The first-order valence-corrected chi connectivity index (χ1v) is 7.16. The Hall–Kier alpha value is 0.01000. The Balaban J connectivity index is 2.26. The Morgan fingerprint density at radius 3 is 2.93 bits per heavy atom. The lowest BCUT2D eigenvalue weighted by Crippen LogP contribution is -2.08. The van der Waals surface area contributed by atoms with E-state index in [2.05, 4.69) is 24.4 Å². The van der Waals surface area contributed by atoms with E-state index < -0.39 is 0 Å². The summed E-state index contributed by atoms with van der Waals surface area (Å²) in [6, 6.07) is 4.30. The summed E-state index contributed by atoms with van der Waals surface area (Å²) in [5.41, 5.74) is 5.76. The van der Waals surface area contributed by atoms with Gasteiger partial charge in [-0.2, -0.15) is 11.8 Å². The van der Waals surface area contributed by atoms with Crippen LogP contribution >= 0.6 is 23.1 Å². The summed E-state index contributed by atoms with van der Waals surface area (Å²) in [6.45, 7) is 3.00. The maximum atomic E-state index is 5.76. The number of hydrogen-bond donors (Lipinski definition) is 1. The van der Waals surface area contributed by atoms with Gasteiger partial charge in [-0.1, -0.05) is 25.8 Å². The molecule has 0 bridgehead atoms.